The van der Waals surface area contributed by atoms with Crippen molar-refractivity contribution >= 4 is 11.9 Å². The average Bonchev–Trinajstić information content (AvgIpc) is 2.14. The van der Waals surface area contributed by atoms with E-state index in [0.29, 0.717) is 6.42 Å². The highest BCUT2D eigenvalue weighted by Crippen LogP contribution is 2.31. The Labute approximate surface area is 103 Å². The highest BCUT2D eigenvalue weighted by Gasteiger charge is 2.44. The van der Waals surface area contributed by atoms with E-state index in [1.165, 1.54) is 11.9 Å². The van der Waals surface area contributed by atoms with Crippen molar-refractivity contribution in [2.75, 3.05) is 7.05 Å². The van der Waals surface area contributed by atoms with Crippen LogP contribution in [-0.4, -0.2) is 40.5 Å². The summed E-state index contributed by atoms with van der Waals surface area (Å²) in [7, 11) is 1.51. The number of carbonyl (C=O) groups is 2. The summed E-state index contributed by atoms with van der Waals surface area (Å²) in [5, 5.41) is 9.04. The molecule has 0 fully saturated rings. The lowest BCUT2D eigenvalue weighted by molar-refractivity contribution is -0.154. The Morgan fingerprint density at radius 1 is 1.29 bits per heavy atom. The van der Waals surface area contributed by atoms with Gasteiger partial charge >= 0.3 is 5.97 Å². The second kappa shape index (κ2) is 5.04. The van der Waals surface area contributed by atoms with Gasteiger partial charge < -0.3 is 15.7 Å². The van der Waals surface area contributed by atoms with E-state index in [0.717, 1.165) is 0 Å². The van der Waals surface area contributed by atoms with Crippen molar-refractivity contribution in [1.82, 2.24) is 4.90 Å². The molecule has 5 heteroatoms. The highest BCUT2D eigenvalue weighted by atomic mass is 16.4. The maximum atomic E-state index is 12.3. The maximum Gasteiger partial charge on any atom is 0.326 e. The number of carboxylic acid groups (broad SMARTS) is 1. The molecular weight excluding hydrogens is 220 g/mol. The zero-order chi connectivity index (χ0) is 14.0. The normalized spacial score (nSPS) is 14.3. The minimum Gasteiger partial charge on any atom is -0.480 e. The Morgan fingerprint density at radius 2 is 1.71 bits per heavy atom. The van der Waals surface area contributed by atoms with Gasteiger partial charge in [-0.3, -0.25) is 4.79 Å². The molecule has 0 heterocycles. The monoisotopic (exact) mass is 244 g/mol. The highest BCUT2D eigenvalue weighted by molar-refractivity contribution is 5.87. The van der Waals surface area contributed by atoms with E-state index in [1.54, 1.807) is 34.6 Å². The van der Waals surface area contributed by atoms with E-state index in [-0.39, 0.29) is 5.91 Å². The number of aliphatic carboxylic acids is 1. The Balaban J connectivity index is 5.12. The van der Waals surface area contributed by atoms with Crippen molar-refractivity contribution in [3.05, 3.63) is 0 Å². The Morgan fingerprint density at radius 3 is 1.94 bits per heavy atom. The zero-order valence-electron chi connectivity index (χ0n) is 11.6. The fourth-order valence-electron chi connectivity index (χ4n) is 1.47. The van der Waals surface area contributed by atoms with Gasteiger partial charge in [0.05, 0.1) is 5.41 Å². The number of hydrogen-bond acceptors (Lipinski definition) is 3. The van der Waals surface area contributed by atoms with Crippen LogP contribution in [0.5, 0.6) is 0 Å². The van der Waals surface area contributed by atoms with Crippen LogP contribution in [0.25, 0.3) is 0 Å². The van der Waals surface area contributed by atoms with Crippen LogP contribution in [0.2, 0.25) is 0 Å². The van der Waals surface area contributed by atoms with Crippen molar-refractivity contribution < 1.29 is 14.7 Å². The summed E-state index contributed by atoms with van der Waals surface area (Å²) >= 11 is 0. The smallest absolute Gasteiger partial charge is 0.326 e. The lowest BCUT2D eigenvalue weighted by atomic mass is 9.74. The van der Waals surface area contributed by atoms with Crippen LogP contribution in [0.4, 0.5) is 0 Å². The van der Waals surface area contributed by atoms with E-state index in [9.17, 15) is 9.59 Å². The van der Waals surface area contributed by atoms with Crippen molar-refractivity contribution in [1.29, 1.82) is 0 Å². The zero-order valence-corrected chi connectivity index (χ0v) is 11.6. The van der Waals surface area contributed by atoms with Gasteiger partial charge in [-0.1, -0.05) is 6.92 Å². The lowest BCUT2D eigenvalue weighted by Crippen LogP contribution is -2.58. The first-order chi connectivity index (χ1) is 7.46. The molecule has 0 aliphatic heterocycles. The van der Waals surface area contributed by atoms with Gasteiger partial charge in [-0.05, 0) is 34.1 Å². The summed E-state index contributed by atoms with van der Waals surface area (Å²) in [6.45, 7) is 8.74. The van der Waals surface area contributed by atoms with Crippen LogP contribution in [0.15, 0.2) is 0 Å². The molecule has 1 unspecified atom stereocenters. The van der Waals surface area contributed by atoms with Crippen LogP contribution >= 0.6 is 0 Å². The van der Waals surface area contributed by atoms with E-state index >= 15 is 0 Å². The molecule has 0 aromatic carbocycles. The molecule has 17 heavy (non-hydrogen) atoms. The van der Waals surface area contributed by atoms with Gasteiger partial charge in [-0.2, -0.15) is 0 Å². The first kappa shape index (κ1) is 15.9. The molecule has 1 atom stereocenters. The molecule has 0 saturated carbocycles. The largest absolute Gasteiger partial charge is 0.480 e. The number of hydrogen-bond donors (Lipinski definition) is 2. The van der Waals surface area contributed by atoms with Gasteiger partial charge in [-0.15, -0.1) is 0 Å². The van der Waals surface area contributed by atoms with Gasteiger partial charge in [0.25, 0.3) is 0 Å². The minimum atomic E-state index is -0.992. The van der Waals surface area contributed by atoms with E-state index in [2.05, 4.69) is 0 Å². The quantitative estimate of drug-likeness (QED) is 0.757. The van der Waals surface area contributed by atoms with Gasteiger partial charge in [0.15, 0.2) is 0 Å². The number of nitrogens with zero attached hydrogens (tertiary/aromatic N) is 1. The maximum absolute atomic E-state index is 12.3. The van der Waals surface area contributed by atoms with Crippen molar-refractivity contribution in [3.8, 4) is 0 Å². The van der Waals surface area contributed by atoms with Gasteiger partial charge in [0, 0.05) is 12.6 Å². The predicted molar refractivity (Wildman–Crippen MR) is 66.5 cm³/mol. The first-order valence-electron chi connectivity index (χ1n) is 5.75. The number of nitrogens with two attached hydrogens (primary N) is 1. The molecule has 0 aliphatic rings. The second-order valence-corrected chi connectivity index (χ2v) is 5.53. The van der Waals surface area contributed by atoms with Crippen molar-refractivity contribution in [2.45, 2.75) is 52.6 Å². The molecule has 0 radical (unpaired) electrons. The number of carbonyl (C=O) groups excluding carboxylic acids is 1. The molecule has 0 aromatic heterocycles. The van der Waals surface area contributed by atoms with Crippen molar-refractivity contribution in [2.24, 2.45) is 11.1 Å². The van der Waals surface area contributed by atoms with Crippen LogP contribution in [0, 0.1) is 5.41 Å². The first-order valence-corrected chi connectivity index (χ1v) is 5.75. The SMILES string of the molecule is CCC(C(=O)O)N(C)C(=O)C(C)(C)C(C)(C)N. The Kier molecular flexibility index (Phi) is 4.71. The summed E-state index contributed by atoms with van der Waals surface area (Å²) < 4.78 is 0. The second-order valence-electron chi connectivity index (χ2n) is 5.53. The molecule has 0 spiro atoms. The molecule has 0 bridgehead atoms. The van der Waals surface area contributed by atoms with Gasteiger partial charge in [-0.25, -0.2) is 4.79 Å². The van der Waals surface area contributed by atoms with Crippen molar-refractivity contribution in [3.63, 3.8) is 0 Å². The number of amides is 1. The third-order valence-electron chi connectivity index (χ3n) is 3.61. The number of rotatable bonds is 5. The van der Waals surface area contributed by atoms with E-state index in [1.807, 2.05) is 0 Å². The van der Waals surface area contributed by atoms with E-state index in [4.69, 9.17) is 10.8 Å². The Hall–Kier alpha value is -1.10. The topological polar surface area (TPSA) is 83.6 Å². The molecular formula is C12H24N2O3. The minimum absolute atomic E-state index is 0.251. The summed E-state index contributed by atoms with van der Waals surface area (Å²) in [6, 6.07) is -0.802. The Bertz CT molecular complexity index is 305. The number of carboxylic acids is 1. The molecule has 0 rings (SSSR count). The van der Waals surface area contributed by atoms with E-state index < -0.39 is 23.0 Å². The fraction of sp³-hybridized carbons (Fsp3) is 0.833. The third kappa shape index (κ3) is 3.19. The summed E-state index contributed by atoms with van der Waals surface area (Å²) in [6.07, 6.45) is 0.374. The standard InChI is InChI=1S/C12H24N2O3/c1-7-8(9(15)16)14(6)10(17)11(2,3)12(4,5)13/h8H,7,13H2,1-6H3,(H,15,16). The van der Waals surface area contributed by atoms with Gasteiger partial charge in [0.1, 0.15) is 6.04 Å². The van der Waals surface area contributed by atoms with Crippen LogP contribution < -0.4 is 5.73 Å². The van der Waals surface area contributed by atoms with Crippen LogP contribution in [0.3, 0.4) is 0 Å². The molecule has 1 amide bonds. The predicted octanol–water partition coefficient (Wildman–Crippen LogP) is 1.07. The molecule has 3 N–H and O–H groups in total. The fourth-order valence-corrected chi connectivity index (χ4v) is 1.47. The summed E-state index contributed by atoms with van der Waals surface area (Å²) in [5.41, 5.74) is 4.45. The lowest BCUT2D eigenvalue weighted by Gasteiger charge is -2.40. The third-order valence-corrected chi connectivity index (χ3v) is 3.61. The molecule has 0 aliphatic carbocycles. The number of likely N-dealkylation sites (N-methyl/N-ethyl adjacent to an activating group) is 1. The van der Waals surface area contributed by atoms with Crippen LogP contribution in [0.1, 0.15) is 41.0 Å². The molecule has 5 nitrogen and oxygen atoms in total. The summed E-state index contributed by atoms with van der Waals surface area (Å²) in [5.74, 6) is -1.24. The summed E-state index contributed by atoms with van der Waals surface area (Å²) in [4.78, 5) is 24.6. The molecule has 100 valence electrons. The van der Waals surface area contributed by atoms with Gasteiger partial charge in [0.2, 0.25) is 5.91 Å². The average molecular weight is 244 g/mol. The molecule has 0 saturated heterocycles. The van der Waals surface area contributed by atoms with Crippen LogP contribution in [-0.2, 0) is 9.59 Å². The molecule has 0 aromatic rings.